The van der Waals surface area contributed by atoms with Crippen LogP contribution in [0, 0.1) is 0 Å². The van der Waals surface area contributed by atoms with Gasteiger partial charge in [-0.3, -0.25) is 0 Å². The van der Waals surface area contributed by atoms with Crippen molar-refractivity contribution in [2.24, 2.45) is 0 Å². The van der Waals surface area contributed by atoms with Crippen molar-refractivity contribution in [1.82, 2.24) is 14.6 Å². The maximum atomic E-state index is 5.78. The van der Waals surface area contributed by atoms with Gasteiger partial charge in [0.2, 0.25) is 0 Å². The van der Waals surface area contributed by atoms with E-state index in [1.54, 1.807) is 10.7 Å². The van der Waals surface area contributed by atoms with Crippen molar-refractivity contribution in [2.45, 2.75) is 26.2 Å². The van der Waals surface area contributed by atoms with E-state index in [0.29, 0.717) is 5.69 Å². The first kappa shape index (κ1) is 15.3. The molecule has 1 aromatic carbocycles. The third kappa shape index (κ3) is 3.16. The van der Waals surface area contributed by atoms with Crippen molar-refractivity contribution in [2.75, 3.05) is 5.73 Å². The first-order valence-electron chi connectivity index (χ1n) is 6.98. The highest BCUT2D eigenvalue weighted by Gasteiger charge is 2.10. The van der Waals surface area contributed by atoms with Crippen LogP contribution in [0.15, 0.2) is 42.6 Å². The molecule has 2 N–H and O–H groups in total. The van der Waals surface area contributed by atoms with E-state index in [4.69, 9.17) is 5.73 Å². The Kier molecular flexibility index (Phi) is 4.81. The molecule has 110 valence electrons. The summed E-state index contributed by atoms with van der Waals surface area (Å²) < 4.78 is 1.74. The van der Waals surface area contributed by atoms with E-state index in [9.17, 15) is 0 Å². The number of fused-ring (bicyclic) bond motifs is 1. The van der Waals surface area contributed by atoms with Crippen LogP contribution in [0.3, 0.4) is 0 Å². The number of hydrogen-bond acceptors (Lipinski definition) is 3. The predicted molar refractivity (Wildman–Crippen MR) is 88.7 cm³/mol. The summed E-state index contributed by atoms with van der Waals surface area (Å²) in [7, 11) is 0. The highest BCUT2D eigenvalue weighted by molar-refractivity contribution is 5.85. The summed E-state index contributed by atoms with van der Waals surface area (Å²) in [6.07, 6.45) is 5.21. The topological polar surface area (TPSA) is 56.2 Å². The Balaban J connectivity index is 0.00000161. The van der Waals surface area contributed by atoms with Crippen LogP contribution in [-0.2, 0) is 6.42 Å². The minimum Gasteiger partial charge on any atom is -0.397 e. The summed E-state index contributed by atoms with van der Waals surface area (Å²) >= 11 is 0. The summed E-state index contributed by atoms with van der Waals surface area (Å²) in [5, 5.41) is 4.54. The van der Waals surface area contributed by atoms with Crippen molar-refractivity contribution in [3.63, 3.8) is 0 Å². The lowest BCUT2D eigenvalue weighted by atomic mass is 10.0. The van der Waals surface area contributed by atoms with Crippen LogP contribution >= 0.6 is 12.4 Å². The lowest BCUT2D eigenvalue weighted by Crippen LogP contribution is -1.93. The fraction of sp³-hybridized carbons (Fsp3) is 0.250. The third-order valence-corrected chi connectivity index (χ3v) is 3.41. The molecule has 0 aliphatic carbocycles. The van der Waals surface area contributed by atoms with Crippen LogP contribution in [0.2, 0.25) is 0 Å². The standard InChI is InChI=1S/C16H18N4.ClH/c1-2-3-6-12-7-4-5-8-14(12)16-18-15-10-9-13(17)11-20(15)19-16;/h4-5,7-11H,2-3,6,17H2,1H3;1H. The van der Waals surface area contributed by atoms with E-state index in [1.807, 2.05) is 18.2 Å². The maximum Gasteiger partial charge on any atom is 0.182 e. The van der Waals surface area contributed by atoms with Crippen molar-refractivity contribution in [1.29, 1.82) is 0 Å². The van der Waals surface area contributed by atoms with Gasteiger partial charge in [-0.2, -0.15) is 0 Å². The summed E-state index contributed by atoms with van der Waals surface area (Å²) in [6.45, 7) is 2.20. The number of nitrogens with zero attached hydrogens (tertiary/aromatic N) is 3. The second-order valence-corrected chi connectivity index (χ2v) is 4.96. The van der Waals surface area contributed by atoms with Gasteiger partial charge in [0.05, 0.1) is 11.9 Å². The average Bonchev–Trinajstić information content (AvgIpc) is 2.88. The quantitative estimate of drug-likeness (QED) is 0.798. The number of aryl methyl sites for hydroxylation is 1. The van der Waals surface area contributed by atoms with Gasteiger partial charge in [0.15, 0.2) is 11.5 Å². The molecule has 4 nitrogen and oxygen atoms in total. The minimum absolute atomic E-state index is 0. The zero-order chi connectivity index (χ0) is 13.9. The van der Waals surface area contributed by atoms with Crippen molar-refractivity contribution in [3.05, 3.63) is 48.2 Å². The zero-order valence-corrected chi connectivity index (χ0v) is 12.8. The Morgan fingerprint density at radius 1 is 1.14 bits per heavy atom. The molecule has 0 radical (unpaired) electrons. The second kappa shape index (κ2) is 6.59. The van der Waals surface area contributed by atoms with Gasteiger partial charge in [0.1, 0.15) is 0 Å². The number of aromatic nitrogens is 3. The van der Waals surface area contributed by atoms with Crippen molar-refractivity contribution >= 4 is 23.7 Å². The smallest absolute Gasteiger partial charge is 0.182 e. The minimum atomic E-state index is 0. The number of halogens is 1. The Morgan fingerprint density at radius 3 is 2.76 bits per heavy atom. The molecule has 0 amide bonds. The number of rotatable bonds is 4. The number of benzene rings is 1. The Morgan fingerprint density at radius 2 is 1.95 bits per heavy atom. The van der Waals surface area contributed by atoms with E-state index in [1.165, 1.54) is 18.4 Å². The molecule has 3 aromatic rings. The monoisotopic (exact) mass is 302 g/mol. The van der Waals surface area contributed by atoms with E-state index in [-0.39, 0.29) is 12.4 Å². The second-order valence-electron chi connectivity index (χ2n) is 4.96. The first-order chi connectivity index (χ1) is 9.78. The van der Waals surface area contributed by atoms with Gasteiger partial charge in [0, 0.05) is 5.56 Å². The highest BCUT2D eigenvalue weighted by Crippen LogP contribution is 2.23. The molecule has 0 saturated carbocycles. The molecule has 0 fully saturated rings. The molecule has 2 aromatic heterocycles. The molecule has 5 heteroatoms. The molecule has 3 rings (SSSR count). The molecule has 0 bridgehead atoms. The summed E-state index contributed by atoms with van der Waals surface area (Å²) in [5.74, 6) is 0.766. The Hall–Kier alpha value is -2.07. The molecule has 2 heterocycles. The Labute approximate surface area is 130 Å². The van der Waals surface area contributed by atoms with Crippen LogP contribution in [0.1, 0.15) is 25.3 Å². The molecule has 0 atom stereocenters. The third-order valence-electron chi connectivity index (χ3n) is 3.41. The van der Waals surface area contributed by atoms with Gasteiger partial charge in [-0.25, -0.2) is 9.50 Å². The highest BCUT2D eigenvalue weighted by atomic mass is 35.5. The Bertz CT molecular complexity index is 736. The maximum absolute atomic E-state index is 5.78. The van der Waals surface area contributed by atoms with E-state index in [2.05, 4.69) is 35.2 Å². The van der Waals surface area contributed by atoms with Gasteiger partial charge >= 0.3 is 0 Å². The van der Waals surface area contributed by atoms with Crippen molar-refractivity contribution in [3.8, 4) is 11.4 Å². The molecular formula is C16H19ClN4. The van der Waals surface area contributed by atoms with Crippen LogP contribution in [-0.4, -0.2) is 14.6 Å². The summed E-state index contributed by atoms with van der Waals surface area (Å²) in [4.78, 5) is 4.59. The fourth-order valence-electron chi connectivity index (χ4n) is 2.34. The van der Waals surface area contributed by atoms with E-state index >= 15 is 0 Å². The van der Waals surface area contributed by atoms with Gasteiger partial charge < -0.3 is 5.73 Å². The van der Waals surface area contributed by atoms with Gasteiger partial charge in [-0.1, -0.05) is 37.6 Å². The SMILES string of the molecule is CCCCc1ccccc1-c1nc2ccc(N)cn2n1.Cl. The number of anilines is 1. The summed E-state index contributed by atoms with van der Waals surface area (Å²) in [6, 6.07) is 12.1. The van der Waals surface area contributed by atoms with Gasteiger partial charge in [0.25, 0.3) is 0 Å². The summed E-state index contributed by atoms with van der Waals surface area (Å²) in [5.41, 5.74) is 9.70. The van der Waals surface area contributed by atoms with E-state index < -0.39 is 0 Å². The molecule has 21 heavy (non-hydrogen) atoms. The fourth-order valence-corrected chi connectivity index (χ4v) is 2.34. The van der Waals surface area contributed by atoms with Crippen LogP contribution in [0.25, 0.3) is 17.0 Å². The lowest BCUT2D eigenvalue weighted by molar-refractivity contribution is 0.795. The van der Waals surface area contributed by atoms with Crippen LogP contribution in [0.4, 0.5) is 5.69 Å². The molecule has 0 aliphatic heterocycles. The average molecular weight is 303 g/mol. The number of hydrogen-bond donors (Lipinski definition) is 1. The lowest BCUT2D eigenvalue weighted by Gasteiger charge is -2.05. The van der Waals surface area contributed by atoms with Gasteiger partial charge in [-0.05, 0) is 30.5 Å². The molecule has 0 saturated heterocycles. The number of pyridine rings is 1. The van der Waals surface area contributed by atoms with Crippen LogP contribution in [0.5, 0.6) is 0 Å². The van der Waals surface area contributed by atoms with E-state index in [0.717, 1.165) is 23.5 Å². The van der Waals surface area contributed by atoms with Crippen LogP contribution < -0.4 is 5.73 Å². The normalized spacial score (nSPS) is 10.5. The number of nitrogens with two attached hydrogens (primary N) is 1. The van der Waals surface area contributed by atoms with Gasteiger partial charge in [-0.15, -0.1) is 17.5 Å². The molecular weight excluding hydrogens is 284 g/mol. The largest absolute Gasteiger partial charge is 0.397 e. The number of nitrogen functional groups attached to an aromatic ring is 1. The predicted octanol–water partition coefficient (Wildman–Crippen LogP) is 3.74. The zero-order valence-electron chi connectivity index (χ0n) is 12.0. The molecule has 0 unspecified atom stereocenters. The number of unbranched alkanes of at least 4 members (excludes halogenated alkanes) is 1. The molecule has 0 spiro atoms. The molecule has 0 aliphatic rings. The van der Waals surface area contributed by atoms with Crippen molar-refractivity contribution < 1.29 is 0 Å². The first-order valence-corrected chi connectivity index (χ1v) is 6.98.